The van der Waals surface area contributed by atoms with Crippen LogP contribution in [0.4, 0.5) is 24.0 Å². The Labute approximate surface area is 194 Å². The SMILES string of the molecule is Cc1cc(NC(=O)C(C)c2cccc(C(F)(F)F)c2)cc2sc(NC(=O)c3cscn3)nc12. The molecule has 0 radical (unpaired) electrons. The van der Waals surface area contributed by atoms with Crippen LogP contribution in [0.5, 0.6) is 0 Å². The van der Waals surface area contributed by atoms with Crippen molar-refractivity contribution in [3.63, 3.8) is 0 Å². The van der Waals surface area contributed by atoms with Gasteiger partial charge in [-0.3, -0.25) is 14.9 Å². The number of rotatable bonds is 5. The van der Waals surface area contributed by atoms with E-state index in [1.165, 1.54) is 34.8 Å². The zero-order valence-electron chi connectivity index (χ0n) is 17.4. The normalized spacial score (nSPS) is 12.5. The molecule has 4 aromatic rings. The number of aromatic nitrogens is 2. The lowest BCUT2D eigenvalue weighted by atomic mass is 9.98. The molecule has 0 bridgehead atoms. The van der Waals surface area contributed by atoms with E-state index in [1.54, 1.807) is 29.9 Å². The Morgan fingerprint density at radius 3 is 2.61 bits per heavy atom. The van der Waals surface area contributed by atoms with Crippen molar-refractivity contribution in [1.29, 1.82) is 0 Å². The molecule has 2 N–H and O–H groups in total. The van der Waals surface area contributed by atoms with Crippen LogP contribution in [-0.2, 0) is 11.0 Å². The fourth-order valence-corrected chi connectivity index (χ4v) is 4.70. The van der Waals surface area contributed by atoms with E-state index in [0.29, 0.717) is 22.0 Å². The average molecular weight is 491 g/mol. The summed E-state index contributed by atoms with van der Waals surface area (Å²) in [7, 11) is 0. The third-order valence-electron chi connectivity index (χ3n) is 4.95. The first-order chi connectivity index (χ1) is 15.6. The van der Waals surface area contributed by atoms with Gasteiger partial charge in [-0.25, -0.2) is 9.97 Å². The monoisotopic (exact) mass is 490 g/mol. The molecule has 170 valence electrons. The van der Waals surface area contributed by atoms with Crippen molar-refractivity contribution in [2.24, 2.45) is 0 Å². The molecule has 0 aliphatic heterocycles. The van der Waals surface area contributed by atoms with Gasteiger partial charge >= 0.3 is 6.18 Å². The topological polar surface area (TPSA) is 84.0 Å². The number of thiazole rings is 2. The van der Waals surface area contributed by atoms with E-state index in [-0.39, 0.29) is 11.5 Å². The smallest absolute Gasteiger partial charge is 0.326 e. The van der Waals surface area contributed by atoms with Crippen LogP contribution in [0.15, 0.2) is 47.3 Å². The Kier molecular flexibility index (Phi) is 6.17. The molecule has 0 saturated heterocycles. The Morgan fingerprint density at radius 2 is 1.91 bits per heavy atom. The van der Waals surface area contributed by atoms with Gasteiger partial charge in [0.1, 0.15) is 5.69 Å². The molecule has 0 saturated carbocycles. The number of carbonyl (C=O) groups excluding carboxylic acids is 2. The Balaban J connectivity index is 1.52. The molecular formula is C22H17F3N4O2S2. The quantitative estimate of drug-likeness (QED) is 0.355. The molecule has 2 heterocycles. The predicted molar refractivity (Wildman–Crippen MR) is 123 cm³/mol. The molecule has 33 heavy (non-hydrogen) atoms. The van der Waals surface area contributed by atoms with E-state index in [0.717, 1.165) is 22.4 Å². The van der Waals surface area contributed by atoms with Crippen molar-refractivity contribution in [2.45, 2.75) is 25.9 Å². The molecule has 1 unspecified atom stereocenters. The summed E-state index contributed by atoms with van der Waals surface area (Å²) in [6.45, 7) is 3.37. The van der Waals surface area contributed by atoms with Gasteiger partial charge in [0, 0.05) is 11.1 Å². The number of benzene rings is 2. The van der Waals surface area contributed by atoms with E-state index in [4.69, 9.17) is 0 Å². The van der Waals surface area contributed by atoms with Crippen molar-refractivity contribution >= 4 is 55.5 Å². The first kappa shape index (κ1) is 22.9. The number of alkyl halides is 3. The van der Waals surface area contributed by atoms with Gasteiger partial charge in [-0.15, -0.1) is 11.3 Å². The maximum absolute atomic E-state index is 13.0. The number of amides is 2. The number of carbonyl (C=O) groups is 2. The summed E-state index contributed by atoms with van der Waals surface area (Å²) < 4.78 is 39.7. The average Bonchev–Trinajstić information content (AvgIpc) is 3.43. The highest BCUT2D eigenvalue weighted by Gasteiger charge is 2.31. The highest BCUT2D eigenvalue weighted by molar-refractivity contribution is 7.22. The van der Waals surface area contributed by atoms with Crippen LogP contribution < -0.4 is 10.6 Å². The van der Waals surface area contributed by atoms with Gasteiger partial charge in [-0.05, 0) is 43.2 Å². The second-order valence-corrected chi connectivity index (χ2v) is 9.07. The van der Waals surface area contributed by atoms with Crippen molar-refractivity contribution in [2.75, 3.05) is 10.6 Å². The molecule has 0 aliphatic carbocycles. The first-order valence-corrected chi connectivity index (χ1v) is 11.5. The zero-order valence-corrected chi connectivity index (χ0v) is 19.0. The molecule has 2 amide bonds. The number of aryl methyl sites for hydroxylation is 1. The molecule has 6 nitrogen and oxygen atoms in total. The van der Waals surface area contributed by atoms with Gasteiger partial charge in [0.15, 0.2) is 5.13 Å². The van der Waals surface area contributed by atoms with Crippen molar-refractivity contribution in [3.8, 4) is 0 Å². The van der Waals surface area contributed by atoms with Crippen LogP contribution in [0, 0.1) is 6.92 Å². The van der Waals surface area contributed by atoms with E-state index in [9.17, 15) is 22.8 Å². The predicted octanol–water partition coefficient (Wildman–Crippen LogP) is 6.07. The third kappa shape index (κ3) is 5.04. The molecule has 2 aromatic carbocycles. The van der Waals surface area contributed by atoms with Gasteiger partial charge in [0.05, 0.1) is 27.2 Å². The molecule has 0 spiro atoms. The molecule has 11 heteroatoms. The first-order valence-electron chi connectivity index (χ1n) is 9.70. The van der Waals surface area contributed by atoms with Gasteiger partial charge in [-0.2, -0.15) is 13.2 Å². The van der Waals surface area contributed by atoms with Crippen LogP contribution in [0.1, 0.15) is 40.0 Å². The van der Waals surface area contributed by atoms with E-state index in [1.807, 2.05) is 6.92 Å². The minimum absolute atomic E-state index is 0.268. The Bertz CT molecular complexity index is 1330. The van der Waals surface area contributed by atoms with Gasteiger partial charge in [0.2, 0.25) is 5.91 Å². The summed E-state index contributed by atoms with van der Waals surface area (Å²) in [5.74, 6) is -1.59. The molecule has 2 aromatic heterocycles. The highest BCUT2D eigenvalue weighted by Crippen LogP contribution is 2.33. The minimum Gasteiger partial charge on any atom is -0.326 e. The van der Waals surface area contributed by atoms with Crippen molar-refractivity contribution < 1.29 is 22.8 Å². The van der Waals surface area contributed by atoms with Gasteiger partial charge in [-0.1, -0.05) is 29.5 Å². The molecular weight excluding hydrogens is 473 g/mol. The van der Waals surface area contributed by atoms with E-state index < -0.39 is 23.6 Å². The molecule has 0 fully saturated rings. The van der Waals surface area contributed by atoms with Crippen LogP contribution >= 0.6 is 22.7 Å². The van der Waals surface area contributed by atoms with Gasteiger partial charge in [0.25, 0.3) is 5.91 Å². The summed E-state index contributed by atoms with van der Waals surface area (Å²) >= 11 is 2.56. The lowest BCUT2D eigenvalue weighted by Crippen LogP contribution is -2.19. The summed E-state index contributed by atoms with van der Waals surface area (Å²) in [4.78, 5) is 33.4. The maximum Gasteiger partial charge on any atom is 0.416 e. The van der Waals surface area contributed by atoms with Crippen LogP contribution in [-0.4, -0.2) is 21.8 Å². The van der Waals surface area contributed by atoms with E-state index >= 15 is 0 Å². The number of hydrogen-bond acceptors (Lipinski definition) is 6. The number of nitrogens with zero attached hydrogens (tertiary/aromatic N) is 2. The van der Waals surface area contributed by atoms with Crippen molar-refractivity contribution in [1.82, 2.24) is 9.97 Å². The number of anilines is 2. The Morgan fingerprint density at radius 1 is 1.12 bits per heavy atom. The van der Waals surface area contributed by atoms with Crippen LogP contribution in [0.25, 0.3) is 10.2 Å². The number of halogens is 3. The molecule has 4 rings (SSSR count). The lowest BCUT2D eigenvalue weighted by Gasteiger charge is -2.15. The maximum atomic E-state index is 13.0. The second kappa shape index (κ2) is 8.91. The molecule has 1 atom stereocenters. The third-order valence-corrected chi connectivity index (χ3v) is 6.45. The summed E-state index contributed by atoms with van der Waals surface area (Å²) in [6.07, 6.45) is -4.48. The summed E-state index contributed by atoms with van der Waals surface area (Å²) in [6, 6.07) is 8.19. The highest BCUT2D eigenvalue weighted by atomic mass is 32.1. The fraction of sp³-hybridized carbons (Fsp3) is 0.182. The van der Waals surface area contributed by atoms with Gasteiger partial charge < -0.3 is 5.32 Å². The van der Waals surface area contributed by atoms with Crippen LogP contribution in [0.2, 0.25) is 0 Å². The van der Waals surface area contributed by atoms with E-state index in [2.05, 4.69) is 20.6 Å². The molecule has 0 aliphatic rings. The zero-order chi connectivity index (χ0) is 23.8. The van der Waals surface area contributed by atoms with Crippen LogP contribution in [0.3, 0.4) is 0 Å². The summed E-state index contributed by atoms with van der Waals surface area (Å²) in [5.41, 5.74) is 3.28. The van der Waals surface area contributed by atoms with Crippen molar-refractivity contribution in [3.05, 3.63) is 69.7 Å². The lowest BCUT2D eigenvalue weighted by molar-refractivity contribution is -0.137. The number of nitrogens with one attached hydrogen (secondary N) is 2. The minimum atomic E-state index is -4.48. The second-order valence-electron chi connectivity index (χ2n) is 7.32. The number of hydrogen-bond donors (Lipinski definition) is 2. The summed E-state index contributed by atoms with van der Waals surface area (Å²) in [5, 5.41) is 7.51. The fourth-order valence-electron chi connectivity index (χ4n) is 3.19. The largest absolute Gasteiger partial charge is 0.416 e. The Hall–Kier alpha value is -3.31. The standard InChI is InChI=1S/C22H17F3N4O2S2/c1-11-6-15(27-19(30)12(2)13-4-3-5-14(7-13)22(23,24)25)8-17-18(11)28-21(33-17)29-20(31)16-9-32-10-26-16/h3-10,12H,1-2H3,(H,27,30)(H,28,29,31). The number of fused-ring (bicyclic) bond motifs is 1.